The number of rotatable bonds is 8. The van der Waals surface area contributed by atoms with Crippen molar-refractivity contribution in [3.8, 4) is 0 Å². The van der Waals surface area contributed by atoms with E-state index in [4.69, 9.17) is 4.74 Å². The summed E-state index contributed by atoms with van der Waals surface area (Å²) in [4.78, 5) is 0.935. The smallest absolute Gasteiger partial charge is 0.0624 e. The van der Waals surface area contributed by atoms with E-state index in [-0.39, 0.29) is 6.04 Å². The van der Waals surface area contributed by atoms with Crippen molar-refractivity contribution in [3.63, 3.8) is 0 Å². The zero-order valence-electron chi connectivity index (χ0n) is 12.4. The number of benzene rings is 1. The zero-order chi connectivity index (χ0) is 14.3. The molecule has 3 nitrogen and oxygen atoms in total. The Hall–Kier alpha value is -0.710. The van der Waals surface area contributed by atoms with Gasteiger partial charge in [0.15, 0.2) is 0 Å². The van der Waals surface area contributed by atoms with Crippen LogP contribution in [0.1, 0.15) is 24.5 Å². The van der Waals surface area contributed by atoms with Crippen molar-refractivity contribution in [2.45, 2.75) is 38.1 Å². The molecule has 19 heavy (non-hydrogen) atoms. The molecule has 0 aliphatic rings. The number of nitrogens with one attached hydrogen (secondary N) is 1. The lowest BCUT2D eigenvalue weighted by molar-refractivity contribution is 0.173. The minimum Gasteiger partial charge on any atom is -0.383 e. The molecule has 2 unspecified atom stereocenters. The lowest BCUT2D eigenvalue weighted by Gasteiger charge is -2.17. The highest BCUT2D eigenvalue weighted by Crippen LogP contribution is 2.15. The molecule has 0 heterocycles. The maximum atomic E-state index is 12.4. The topological polar surface area (TPSA) is 38.3 Å². The molecule has 1 N–H and O–H groups in total. The first-order chi connectivity index (χ1) is 9.08. The molecule has 0 amide bonds. The maximum Gasteiger partial charge on any atom is 0.0624 e. The number of methoxy groups -OCH3 is 1. The van der Waals surface area contributed by atoms with Gasteiger partial charge in [-0.25, -0.2) is 0 Å². The van der Waals surface area contributed by atoms with E-state index in [0.717, 1.165) is 23.4 Å². The monoisotopic (exact) mass is 283 g/mol. The highest BCUT2D eigenvalue weighted by atomic mass is 32.2. The van der Waals surface area contributed by atoms with Crippen molar-refractivity contribution >= 4 is 10.8 Å². The van der Waals surface area contributed by atoms with Gasteiger partial charge in [0, 0.05) is 23.8 Å². The molecule has 0 aromatic heterocycles. The van der Waals surface area contributed by atoms with E-state index < -0.39 is 10.8 Å². The van der Waals surface area contributed by atoms with Gasteiger partial charge in [0.1, 0.15) is 0 Å². The van der Waals surface area contributed by atoms with Crippen LogP contribution in [0.4, 0.5) is 0 Å². The van der Waals surface area contributed by atoms with Crippen LogP contribution in [0.25, 0.3) is 0 Å². The minimum absolute atomic E-state index is 0.145. The van der Waals surface area contributed by atoms with Gasteiger partial charge in [-0.15, -0.1) is 0 Å². The van der Waals surface area contributed by atoms with Crippen LogP contribution in [0.2, 0.25) is 0 Å². The van der Waals surface area contributed by atoms with Crippen molar-refractivity contribution in [3.05, 3.63) is 29.3 Å². The van der Waals surface area contributed by atoms with E-state index in [2.05, 4.69) is 25.2 Å². The Morgan fingerprint density at radius 1 is 1.37 bits per heavy atom. The SMILES string of the molecule is CCCNC(COC)CS(=O)c1ccc(C)cc1C. The summed E-state index contributed by atoms with van der Waals surface area (Å²) in [5.41, 5.74) is 2.31. The summed E-state index contributed by atoms with van der Waals surface area (Å²) in [6.45, 7) is 7.72. The predicted octanol–water partition coefficient (Wildman–Crippen LogP) is 2.43. The standard InChI is InChI=1S/C15H25NO2S/c1-5-8-16-14(10-18-4)11-19(17)15-7-6-12(2)9-13(15)3/h6-7,9,14,16H,5,8,10-11H2,1-4H3. The lowest BCUT2D eigenvalue weighted by Crippen LogP contribution is -2.38. The second kappa shape index (κ2) is 8.46. The Labute approximate surface area is 119 Å². The summed E-state index contributed by atoms with van der Waals surface area (Å²) < 4.78 is 17.6. The fraction of sp³-hybridized carbons (Fsp3) is 0.600. The Balaban J connectivity index is 2.69. The normalized spacial score (nSPS) is 14.3. The molecule has 1 rings (SSSR count). The van der Waals surface area contributed by atoms with Crippen LogP contribution < -0.4 is 5.32 Å². The quantitative estimate of drug-likeness (QED) is 0.796. The van der Waals surface area contributed by atoms with Crippen molar-refractivity contribution < 1.29 is 8.95 Å². The van der Waals surface area contributed by atoms with Crippen molar-refractivity contribution in [1.82, 2.24) is 5.32 Å². The van der Waals surface area contributed by atoms with Crippen LogP contribution in [0.3, 0.4) is 0 Å². The molecule has 2 atom stereocenters. The highest BCUT2D eigenvalue weighted by Gasteiger charge is 2.14. The third-order valence-corrected chi connectivity index (χ3v) is 4.63. The summed E-state index contributed by atoms with van der Waals surface area (Å²) in [7, 11) is 0.700. The van der Waals surface area contributed by atoms with Gasteiger partial charge in [0.25, 0.3) is 0 Å². The molecule has 0 aliphatic heterocycles. The van der Waals surface area contributed by atoms with Crippen LogP contribution in [0.5, 0.6) is 0 Å². The molecule has 0 fully saturated rings. The molecule has 108 valence electrons. The number of hydrogen-bond acceptors (Lipinski definition) is 3. The number of aryl methyl sites for hydroxylation is 2. The summed E-state index contributed by atoms with van der Waals surface area (Å²) in [6.07, 6.45) is 1.07. The first kappa shape index (κ1) is 16.3. The largest absolute Gasteiger partial charge is 0.383 e. The van der Waals surface area contributed by atoms with Crippen LogP contribution in [0, 0.1) is 13.8 Å². The van der Waals surface area contributed by atoms with Crippen LogP contribution in [-0.2, 0) is 15.5 Å². The van der Waals surface area contributed by atoms with Crippen molar-refractivity contribution in [2.75, 3.05) is 26.0 Å². The van der Waals surface area contributed by atoms with Gasteiger partial charge in [-0.2, -0.15) is 0 Å². The highest BCUT2D eigenvalue weighted by molar-refractivity contribution is 7.85. The van der Waals surface area contributed by atoms with Gasteiger partial charge in [0.05, 0.1) is 17.4 Å². The van der Waals surface area contributed by atoms with Crippen molar-refractivity contribution in [2.24, 2.45) is 0 Å². The van der Waals surface area contributed by atoms with Crippen molar-refractivity contribution in [1.29, 1.82) is 0 Å². The first-order valence-electron chi connectivity index (χ1n) is 6.76. The summed E-state index contributed by atoms with van der Waals surface area (Å²) in [6, 6.07) is 6.22. The first-order valence-corrected chi connectivity index (χ1v) is 8.08. The van der Waals surface area contributed by atoms with Crippen LogP contribution in [-0.4, -0.2) is 36.3 Å². The van der Waals surface area contributed by atoms with Gasteiger partial charge in [0.2, 0.25) is 0 Å². The second-order valence-corrected chi connectivity index (χ2v) is 6.35. The third kappa shape index (κ3) is 5.43. The van der Waals surface area contributed by atoms with E-state index in [9.17, 15) is 4.21 Å². The van der Waals surface area contributed by atoms with E-state index in [1.807, 2.05) is 19.1 Å². The van der Waals surface area contributed by atoms with E-state index in [1.54, 1.807) is 7.11 Å². The summed E-state index contributed by atoms with van der Waals surface area (Å²) >= 11 is 0. The Kier molecular flexibility index (Phi) is 7.28. The molecular weight excluding hydrogens is 258 g/mol. The van der Waals surface area contributed by atoms with Crippen LogP contribution >= 0.6 is 0 Å². The van der Waals surface area contributed by atoms with Gasteiger partial charge < -0.3 is 10.1 Å². The molecule has 1 aromatic carbocycles. The Morgan fingerprint density at radius 2 is 2.11 bits per heavy atom. The average Bonchev–Trinajstić information content (AvgIpc) is 2.36. The molecule has 0 bridgehead atoms. The van der Waals surface area contributed by atoms with Gasteiger partial charge in [-0.05, 0) is 38.4 Å². The lowest BCUT2D eigenvalue weighted by atomic mass is 10.2. The Bertz CT molecular complexity index is 421. The molecule has 1 aromatic rings. The fourth-order valence-corrected chi connectivity index (χ4v) is 3.44. The summed E-state index contributed by atoms with van der Waals surface area (Å²) in [5.74, 6) is 0.595. The molecule has 0 saturated heterocycles. The maximum absolute atomic E-state index is 12.4. The molecule has 0 saturated carbocycles. The van der Waals surface area contributed by atoms with Gasteiger partial charge in [-0.1, -0.05) is 24.6 Å². The predicted molar refractivity (Wildman–Crippen MR) is 81.1 cm³/mol. The van der Waals surface area contributed by atoms with E-state index in [0.29, 0.717) is 12.4 Å². The second-order valence-electron chi connectivity index (χ2n) is 4.89. The summed E-state index contributed by atoms with van der Waals surface area (Å²) in [5, 5.41) is 3.38. The van der Waals surface area contributed by atoms with Gasteiger partial charge in [-0.3, -0.25) is 4.21 Å². The molecule has 0 radical (unpaired) electrons. The fourth-order valence-electron chi connectivity index (χ4n) is 2.04. The zero-order valence-corrected chi connectivity index (χ0v) is 13.2. The number of hydrogen-bond donors (Lipinski definition) is 1. The molecular formula is C15H25NO2S. The average molecular weight is 283 g/mol. The van der Waals surface area contributed by atoms with E-state index in [1.165, 1.54) is 5.56 Å². The Morgan fingerprint density at radius 3 is 2.68 bits per heavy atom. The molecule has 4 heteroatoms. The molecule has 0 aliphatic carbocycles. The number of ether oxygens (including phenoxy) is 1. The minimum atomic E-state index is -0.981. The third-order valence-electron chi connectivity index (χ3n) is 2.98. The van der Waals surface area contributed by atoms with E-state index >= 15 is 0 Å². The van der Waals surface area contributed by atoms with Gasteiger partial charge >= 0.3 is 0 Å². The van der Waals surface area contributed by atoms with Crippen LogP contribution in [0.15, 0.2) is 23.1 Å². The molecule has 0 spiro atoms.